The summed E-state index contributed by atoms with van der Waals surface area (Å²) in [4.78, 5) is 21.7. The van der Waals surface area contributed by atoms with Gasteiger partial charge in [0.25, 0.3) is 0 Å². The highest BCUT2D eigenvalue weighted by Gasteiger charge is 2.20. The molecule has 0 aromatic carbocycles. The molecule has 1 atom stereocenters. The van der Waals surface area contributed by atoms with Crippen molar-refractivity contribution in [2.45, 2.75) is 19.9 Å². The maximum Gasteiger partial charge on any atom is 0.325 e. The van der Waals surface area contributed by atoms with Crippen LogP contribution in [0.5, 0.6) is 0 Å². The first kappa shape index (κ1) is 14.8. The third-order valence-corrected chi connectivity index (χ3v) is 3.76. The lowest BCUT2D eigenvalue weighted by molar-refractivity contribution is -0.141. The Balaban J connectivity index is 4.32. The molecule has 0 aromatic rings. The van der Waals surface area contributed by atoms with Gasteiger partial charge in [-0.15, -0.1) is 0 Å². The Bertz CT molecular complexity index is 365. The van der Waals surface area contributed by atoms with Gasteiger partial charge in [0.1, 0.15) is 6.04 Å². The summed E-state index contributed by atoms with van der Waals surface area (Å²) in [7, 11) is -2.16. The van der Waals surface area contributed by atoms with Crippen molar-refractivity contribution in [1.29, 1.82) is 0 Å². The number of carboxylic acids is 1. The van der Waals surface area contributed by atoms with E-state index in [0.717, 1.165) is 4.31 Å². The van der Waals surface area contributed by atoms with Crippen molar-refractivity contribution >= 4 is 21.9 Å². The minimum Gasteiger partial charge on any atom is -0.480 e. The van der Waals surface area contributed by atoms with Crippen LogP contribution in [-0.2, 0) is 19.6 Å². The van der Waals surface area contributed by atoms with E-state index in [9.17, 15) is 18.0 Å². The van der Waals surface area contributed by atoms with Crippen molar-refractivity contribution in [1.82, 2.24) is 9.62 Å². The molecule has 0 aliphatic rings. The highest BCUT2D eigenvalue weighted by Crippen LogP contribution is 1.96. The summed E-state index contributed by atoms with van der Waals surface area (Å²) in [5.41, 5.74) is 0. The Labute approximate surface area is 94.5 Å². The molecule has 0 saturated carbocycles. The monoisotopic (exact) mass is 252 g/mol. The van der Waals surface area contributed by atoms with E-state index in [4.69, 9.17) is 5.11 Å². The van der Waals surface area contributed by atoms with E-state index in [-0.39, 0.29) is 12.3 Å². The zero-order chi connectivity index (χ0) is 12.9. The predicted octanol–water partition coefficient (Wildman–Crippen LogP) is -1.14. The molecule has 0 heterocycles. The third-order valence-electron chi connectivity index (χ3n) is 1.95. The number of carbonyl (C=O) groups excluding carboxylic acids is 1. The maximum absolute atomic E-state index is 11.3. The summed E-state index contributed by atoms with van der Waals surface area (Å²) in [5, 5.41) is 10.7. The minimum atomic E-state index is -3.42. The average molecular weight is 252 g/mol. The van der Waals surface area contributed by atoms with Gasteiger partial charge in [0.05, 0.1) is 12.3 Å². The molecule has 0 fully saturated rings. The third kappa shape index (κ3) is 4.58. The summed E-state index contributed by atoms with van der Waals surface area (Å²) in [6.45, 7) is 2.38. The number of carbonyl (C=O) groups is 2. The molecular formula is C8H16N2O5S. The SMILES string of the molecule is CCS(=O)(=O)N(C)CC(=O)N[C@@H](C)C(=O)O. The summed E-state index contributed by atoms with van der Waals surface area (Å²) < 4.78 is 23.5. The molecule has 2 N–H and O–H groups in total. The number of amides is 1. The van der Waals surface area contributed by atoms with Crippen LogP contribution in [-0.4, -0.2) is 55.1 Å². The second-order valence-corrected chi connectivity index (χ2v) is 5.65. The molecule has 1 amide bonds. The number of sulfonamides is 1. The van der Waals surface area contributed by atoms with Crippen LogP contribution >= 0.6 is 0 Å². The Hall–Kier alpha value is -1.15. The lowest BCUT2D eigenvalue weighted by Crippen LogP contribution is -2.44. The van der Waals surface area contributed by atoms with Crippen LogP contribution in [0.4, 0.5) is 0 Å². The van der Waals surface area contributed by atoms with Gasteiger partial charge in [-0.3, -0.25) is 9.59 Å². The van der Waals surface area contributed by atoms with Gasteiger partial charge >= 0.3 is 5.97 Å². The van der Waals surface area contributed by atoms with Gasteiger partial charge in [-0.25, -0.2) is 8.42 Å². The number of rotatable bonds is 6. The number of nitrogens with one attached hydrogen (secondary N) is 1. The molecule has 0 bridgehead atoms. The van der Waals surface area contributed by atoms with Crippen LogP contribution in [0.3, 0.4) is 0 Å². The zero-order valence-corrected chi connectivity index (χ0v) is 10.2. The van der Waals surface area contributed by atoms with E-state index < -0.39 is 27.9 Å². The molecule has 0 radical (unpaired) electrons. The van der Waals surface area contributed by atoms with E-state index >= 15 is 0 Å². The number of likely N-dealkylation sites (N-methyl/N-ethyl adjacent to an activating group) is 1. The number of hydrogen-bond acceptors (Lipinski definition) is 4. The number of aliphatic carboxylic acids is 1. The zero-order valence-electron chi connectivity index (χ0n) is 9.43. The molecule has 7 nitrogen and oxygen atoms in total. The molecule has 0 saturated heterocycles. The van der Waals surface area contributed by atoms with Gasteiger partial charge in [-0.1, -0.05) is 0 Å². The minimum absolute atomic E-state index is 0.106. The number of nitrogens with zero attached hydrogens (tertiary/aromatic N) is 1. The van der Waals surface area contributed by atoms with Gasteiger partial charge in [-0.2, -0.15) is 4.31 Å². The van der Waals surface area contributed by atoms with E-state index in [0.29, 0.717) is 0 Å². The standard InChI is InChI=1S/C8H16N2O5S/c1-4-16(14,15)10(3)5-7(11)9-6(2)8(12)13/h6H,4-5H2,1-3H3,(H,9,11)(H,12,13)/t6-/m0/s1. The average Bonchev–Trinajstić information content (AvgIpc) is 2.17. The first-order valence-electron chi connectivity index (χ1n) is 4.67. The molecule has 0 rings (SSSR count). The van der Waals surface area contributed by atoms with Crippen LogP contribution in [0, 0.1) is 0 Å². The number of carboxylic acid groups (broad SMARTS) is 1. The second-order valence-electron chi connectivity index (χ2n) is 3.28. The van der Waals surface area contributed by atoms with E-state index in [2.05, 4.69) is 5.32 Å². The Kier molecular flexibility index (Phi) is 5.39. The molecule has 0 unspecified atom stereocenters. The highest BCUT2D eigenvalue weighted by atomic mass is 32.2. The Morgan fingerprint density at radius 2 is 1.94 bits per heavy atom. The van der Waals surface area contributed by atoms with Crippen LogP contribution in [0.15, 0.2) is 0 Å². The van der Waals surface area contributed by atoms with Gasteiger partial charge in [0.2, 0.25) is 15.9 Å². The fourth-order valence-electron chi connectivity index (χ4n) is 0.870. The lowest BCUT2D eigenvalue weighted by Gasteiger charge is -2.16. The van der Waals surface area contributed by atoms with Crippen LogP contribution in [0.1, 0.15) is 13.8 Å². The van der Waals surface area contributed by atoms with Crippen molar-refractivity contribution in [3.8, 4) is 0 Å². The molecule has 94 valence electrons. The van der Waals surface area contributed by atoms with Crippen LogP contribution in [0.25, 0.3) is 0 Å². The Morgan fingerprint density at radius 1 is 1.44 bits per heavy atom. The molecule has 0 aliphatic carbocycles. The quantitative estimate of drug-likeness (QED) is 0.621. The normalized spacial score (nSPS) is 13.5. The smallest absolute Gasteiger partial charge is 0.325 e. The summed E-state index contributed by atoms with van der Waals surface area (Å²) in [6.07, 6.45) is 0. The lowest BCUT2D eigenvalue weighted by atomic mass is 10.3. The molecule has 16 heavy (non-hydrogen) atoms. The van der Waals surface area contributed by atoms with Crippen molar-refractivity contribution in [3.63, 3.8) is 0 Å². The summed E-state index contributed by atoms with van der Waals surface area (Å²) >= 11 is 0. The molecule has 0 aliphatic heterocycles. The fraction of sp³-hybridized carbons (Fsp3) is 0.750. The van der Waals surface area contributed by atoms with E-state index in [1.807, 2.05) is 0 Å². The summed E-state index contributed by atoms with van der Waals surface area (Å²) in [6, 6.07) is -1.04. The first-order valence-corrected chi connectivity index (χ1v) is 6.27. The molecule has 8 heteroatoms. The Morgan fingerprint density at radius 3 is 2.31 bits per heavy atom. The fourth-order valence-corrected chi connectivity index (χ4v) is 1.62. The van der Waals surface area contributed by atoms with Gasteiger partial charge in [0.15, 0.2) is 0 Å². The van der Waals surface area contributed by atoms with Crippen molar-refractivity contribution in [2.75, 3.05) is 19.3 Å². The number of hydrogen-bond donors (Lipinski definition) is 2. The van der Waals surface area contributed by atoms with Gasteiger partial charge in [0, 0.05) is 7.05 Å². The maximum atomic E-state index is 11.3. The summed E-state index contributed by atoms with van der Waals surface area (Å²) in [5.74, 6) is -1.92. The topological polar surface area (TPSA) is 104 Å². The van der Waals surface area contributed by atoms with Gasteiger partial charge in [-0.05, 0) is 13.8 Å². The molecule has 0 spiro atoms. The first-order chi connectivity index (χ1) is 7.20. The van der Waals surface area contributed by atoms with Crippen molar-refractivity contribution in [2.24, 2.45) is 0 Å². The second kappa shape index (κ2) is 5.80. The van der Waals surface area contributed by atoms with Crippen LogP contribution < -0.4 is 5.32 Å². The molecular weight excluding hydrogens is 236 g/mol. The van der Waals surface area contributed by atoms with Crippen molar-refractivity contribution in [3.05, 3.63) is 0 Å². The van der Waals surface area contributed by atoms with Crippen LogP contribution in [0.2, 0.25) is 0 Å². The molecule has 0 aromatic heterocycles. The van der Waals surface area contributed by atoms with E-state index in [1.54, 1.807) is 0 Å². The highest BCUT2D eigenvalue weighted by molar-refractivity contribution is 7.89. The predicted molar refractivity (Wildman–Crippen MR) is 57.3 cm³/mol. The largest absolute Gasteiger partial charge is 0.480 e. The van der Waals surface area contributed by atoms with E-state index in [1.165, 1.54) is 20.9 Å². The van der Waals surface area contributed by atoms with Crippen molar-refractivity contribution < 1.29 is 23.1 Å². The van der Waals surface area contributed by atoms with Gasteiger partial charge < -0.3 is 10.4 Å².